The number of aromatic nitrogens is 2. The zero-order valence-corrected chi connectivity index (χ0v) is 10.1. The molecule has 0 radical (unpaired) electrons. The first-order valence-electron chi connectivity index (χ1n) is 5.59. The topological polar surface area (TPSA) is 44.2 Å². The van der Waals surface area contributed by atoms with Crippen LogP contribution in [0.3, 0.4) is 0 Å². The van der Waals surface area contributed by atoms with Crippen molar-refractivity contribution in [3.8, 4) is 5.88 Å². The minimum atomic E-state index is 0.0351. The fraction of sp³-hybridized carbons (Fsp3) is 0.667. The molecule has 1 aliphatic rings. The lowest BCUT2D eigenvalue weighted by Crippen LogP contribution is -2.32. The van der Waals surface area contributed by atoms with Gasteiger partial charge in [0.05, 0.1) is 37.9 Å². The minimum Gasteiger partial charge on any atom is -0.476 e. The summed E-state index contributed by atoms with van der Waals surface area (Å²) in [5, 5.41) is 0. The Morgan fingerprint density at radius 1 is 1.31 bits per heavy atom. The van der Waals surface area contributed by atoms with E-state index in [0.717, 1.165) is 18.9 Å². The van der Waals surface area contributed by atoms with Crippen molar-refractivity contribution < 1.29 is 9.47 Å². The van der Waals surface area contributed by atoms with E-state index in [0.29, 0.717) is 18.4 Å². The van der Waals surface area contributed by atoms with Crippen LogP contribution in [0, 0.1) is 5.92 Å². The van der Waals surface area contributed by atoms with Gasteiger partial charge in [-0.05, 0) is 0 Å². The van der Waals surface area contributed by atoms with E-state index in [1.54, 1.807) is 12.4 Å². The van der Waals surface area contributed by atoms with Crippen LogP contribution in [-0.4, -0.2) is 29.8 Å². The standard InChI is InChI=1S/C12H18N2O2/c1-12(2,3)10-4-14-11(5-13-10)16-8-9-6-15-7-9/h4-5,9H,6-8H2,1-3H3. The van der Waals surface area contributed by atoms with Crippen LogP contribution in [0.25, 0.3) is 0 Å². The Morgan fingerprint density at radius 3 is 2.50 bits per heavy atom. The summed E-state index contributed by atoms with van der Waals surface area (Å²) in [6.07, 6.45) is 3.48. The average molecular weight is 222 g/mol. The van der Waals surface area contributed by atoms with Crippen LogP contribution in [0.1, 0.15) is 26.5 Å². The molecule has 1 aromatic heterocycles. The highest BCUT2D eigenvalue weighted by atomic mass is 16.5. The first kappa shape index (κ1) is 11.3. The van der Waals surface area contributed by atoms with Gasteiger partial charge >= 0.3 is 0 Å². The van der Waals surface area contributed by atoms with Crippen molar-refractivity contribution in [1.29, 1.82) is 0 Å². The van der Waals surface area contributed by atoms with Gasteiger partial charge in [0, 0.05) is 11.3 Å². The van der Waals surface area contributed by atoms with E-state index >= 15 is 0 Å². The Bertz CT molecular complexity index is 339. The summed E-state index contributed by atoms with van der Waals surface area (Å²) in [5.74, 6) is 1.11. The molecular weight excluding hydrogens is 204 g/mol. The van der Waals surface area contributed by atoms with Crippen LogP contribution >= 0.6 is 0 Å². The molecule has 1 saturated heterocycles. The number of rotatable bonds is 3. The van der Waals surface area contributed by atoms with Gasteiger partial charge in [0.25, 0.3) is 0 Å². The number of ether oxygens (including phenoxy) is 2. The maximum atomic E-state index is 5.52. The molecule has 0 saturated carbocycles. The highest BCUT2D eigenvalue weighted by molar-refractivity contribution is 5.13. The van der Waals surface area contributed by atoms with Gasteiger partial charge in [0.15, 0.2) is 0 Å². The highest BCUT2D eigenvalue weighted by Crippen LogP contribution is 2.20. The molecule has 4 nitrogen and oxygen atoms in total. The van der Waals surface area contributed by atoms with Crippen LogP contribution in [0.15, 0.2) is 12.4 Å². The SMILES string of the molecule is CC(C)(C)c1cnc(OCC2COC2)cn1. The quantitative estimate of drug-likeness (QED) is 0.782. The smallest absolute Gasteiger partial charge is 0.232 e. The summed E-state index contributed by atoms with van der Waals surface area (Å²) in [6, 6.07) is 0. The molecule has 2 heterocycles. The Kier molecular flexibility index (Phi) is 3.10. The first-order valence-corrected chi connectivity index (χ1v) is 5.59. The third-order valence-corrected chi connectivity index (χ3v) is 2.57. The van der Waals surface area contributed by atoms with Crippen molar-refractivity contribution >= 4 is 0 Å². The van der Waals surface area contributed by atoms with E-state index < -0.39 is 0 Å². The van der Waals surface area contributed by atoms with E-state index in [1.807, 2.05) is 0 Å². The summed E-state index contributed by atoms with van der Waals surface area (Å²) in [6.45, 7) is 8.61. The zero-order chi connectivity index (χ0) is 11.6. The first-order chi connectivity index (χ1) is 7.55. The Balaban J connectivity index is 1.91. The second kappa shape index (κ2) is 4.37. The van der Waals surface area contributed by atoms with Crippen molar-refractivity contribution in [2.45, 2.75) is 26.2 Å². The molecule has 1 aromatic rings. The molecule has 1 fully saturated rings. The highest BCUT2D eigenvalue weighted by Gasteiger charge is 2.20. The fourth-order valence-electron chi connectivity index (χ4n) is 1.36. The van der Waals surface area contributed by atoms with Crippen molar-refractivity contribution in [2.24, 2.45) is 5.92 Å². The van der Waals surface area contributed by atoms with Gasteiger partial charge in [-0.1, -0.05) is 20.8 Å². The van der Waals surface area contributed by atoms with Crippen molar-refractivity contribution in [3.05, 3.63) is 18.1 Å². The molecule has 0 spiro atoms. The van der Waals surface area contributed by atoms with Crippen LogP contribution in [0.4, 0.5) is 0 Å². The zero-order valence-electron chi connectivity index (χ0n) is 10.1. The van der Waals surface area contributed by atoms with Crippen LogP contribution in [0.5, 0.6) is 5.88 Å². The molecular formula is C12H18N2O2. The molecule has 0 aliphatic carbocycles. The molecule has 0 N–H and O–H groups in total. The molecule has 88 valence electrons. The predicted octanol–water partition coefficient (Wildman–Crippen LogP) is 1.80. The lowest BCUT2D eigenvalue weighted by atomic mass is 9.93. The van der Waals surface area contributed by atoms with Crippen LogP contribution in [-0.2, 0) is 10.2 Å². The Morgan fingerprint density at radius 2 is 2.06 bits per heavy atom. The van der Waals surface area contributed by atoms with Gasteiger partial charge in [-0.3, -0.25) is 4.98 Å². The van der Waals surface area contributed by atoms with E-state index in [4.69, 9.17) is 9.47 Å². The second-order valence-corrected chi connectivity index (χ2v) is 5.20. The van der Waals surface area contributed by atoms with E-state index in [1.165, 1.54) is 0 Å². The predicted molar refractivity (Wildman–Crippen MR) is 60.5 cm³/mol. The third kappa shape index (κ3) is 2.70. The van der Waals surface area contributed by atoms with Gasteiger partial charge < -0.3 is 9.47 Å². The van der Waals surface area contributed by atoms with Crippen molar-refractivity contribution in [3.63, 3.8) is 0 Å². The minimum absolute atomic E-state index is 0.0351. The van der Waals surface area contributed by atoms with Crippen molar-refractivity contribution in [2.75, 3.05) is 19.8 Å². The molecule has 4 heteroatoms. The molecule has 0 amide bonds. The summed E-state index contributed by atoms with van der Waals surface area (Å²) < 4.78 is 10.6. The van der Waals surface area contributed by atoms with Crippen molar-refractivity contribution in [1.82, 2.24) is 9.97 Å². The molecule has 0 bridgehead atoms. The van der Waals surface area contributed by atoms with Gasteiger partial charge in [0.1, 0.15) is 0 Å². The summed E-state index contributed by atoms with van der Waals surface area (Å²) in [5.41, 5.74) is 1.01. The maximum Gasteiger partial charge on any atom is 0.232 e. The largest absolute Gasteiger partial charge is 0.476 e. The Hall–Kier alpha value is -1.16. The van der Waals surface area contributed by atoms with Crippen LogP contribution < -0.4 is 4.74 Å². The fourth-order valence-corrected chi connectivity index (χ4v) is 1.36. The average Bonchev–Trinajstić information content (AvgIpc) is 2.15. The normalized spacial score (nSPS) is 16.9. The lowest BCUT2D eigenvalue weighted by molar-refractivity contribution is -0.0514. The number of hydrogen-bond acceptors (Lipinski definition) is 4. The summed E-state index contributed by atoms with van der Waals surface area (Å²) in [7, 11) is 0. The third-order valence-electron chi connectivity index (χ3n) is 2.57. The summed E-state index contributed by atoms with van der Waals surface area (Å²) >= 11 is 0. The van der Waals surface area contributed by atoms with Gasteiger partial charge in [-0.2, -0.15) is 0 Å². The van der Waals surface area contributed by atoms with E-state index in [2.05, 4.69) is 30.7 Å². The summed E-state index contributed by atoms with van der Waals surface area (Å²) in [4.78, 5) is 8.60. The number of hydrogen-bond donors (Lipinski definition) is 0. The lowest BCUT2D eigenvalue weighted by Gasteiger charge is -2.25. The molecule has 1 aliphatic heterocycles. The van der Waals surface area contributed by atoms with Gasteiger partial charge in [-0.15, -0.1) is 0 Å². The van der Waals surface area contributed by atoms with Gasteiger partial charge in [-0.25, -0.2) is 4.98 Å². The molecule has 0 atom stereocenters. The Labute approximate surface area is 96.0 Å². The molecule has 16 heavy (non-hydrogen) atoms. The number of nitrogens with zero attached hydrogens (tertiary/aromatic N) is 2. The van der Waals surface area contributed by atoms with E-state index in [9.17, 15) is 0 Å². The molecule has 0 aromatic carbocycles. The van der Waals surface area contributed by atoms with Gasteiger partial charge in [0.2, 0.25) is 5.88 Å². The monoisotopic (exact) mass is 222 g/mol. The van der Waals surface area contributed by atoms with E-state index in [-0.39, 0.29) is 5.41 Å². The second-order valence-electron chi connectivity index (χ2n) is 5.20. The van der Waals surface area contributed by atoms with Crippen LogP contribution in [0.2, 0.25) is 0 Å². The maximum absolute atomic E-state index is 5.52. The molecule has 2 rings (SSSR count). The molecule has 0 unspecified atom stereocenters.